The standard InChI is InChI=1S/C36H39Cl2N3O4S/c1-5-27(4)39-36(43)34(21-28-12-8-6-9-13-28)40(23-29-17-18-30(37)22-32(29)38)35(42)24-41(33-19-16-25(2)20-26(33)3)46(44,45)31-14-10-7-11-15-31/h6-20,22,27,34H,5,21,23-24H2,1-4H3,(H,39,43)/t27-,34+/m1/s1. The second kappa shape index (κ2) is 15.6. The van der Waals surface area contributed by atoms with Gasteiger partial charge >= 0.3 is 0 Å². The molecule has 0 aliphatic carbocycles. The van der Waals surface area contributed by atoms with Gasteiger partial charge in [0.15, 0.2) is 0 Å². The molecular weight excluding hydrogens is 641 g/mol. The van der Waals surface area contributed by atoms with E-state index in [1.54, 1.807) is 42.5 Å². The van der Waals surface area contributed by atoms with Crippen molar-refractivity contribution in [3.8, 4) is 0 Å². The van der Waals surface area contributed by atoms with Crippen LogP contribution in [0.5, 0.6) is 0 Å². The van der Waals surface area contributed by atoms with Crippen LogP contribution in [0.1, 0.15) is 42.5 Å². The predicted molar refractivity (Wildman–Crippen MR) is 186 cm³/mol. The molecular formula is C36H39Cl2N3O4S. The lowest BCUT2D eigenvalue weighted by Crippen LogP contribution is -2.54. The van der Waals surface area contributed by atoms with Crippen molar-refractivity contribution in [1.29, 1.82) is 0 Å². The van der Waals surface area contributed by atoms with Crippen molar-refractivity contribution in [2.24, 2.45) is 0 Å². The Bertz CT molecular complexity index is 1770. The number of carbonyl (C=O) groups is 2. The van der Waals surface area contributed by atoms with Gasteiger partial charge in [0, 0.05) is 29.1 Å². The van der Waals surface area contributed by atoms with E-state index in [1.807, 2.05) is 70.2 Å². The van der Waals surface area contributed by atoms with Gasteiger partial charge in [-0.25, -0.2) is 8.42 Å². The zero-order valence-corrected chi connectivity index (χ0v) is 28.7. The maximum absolute atomic E-state index is 14.6. The highest BCUT2D eigenvalue weighted by Crippen LogP contribution is 2.29. The molecule has 0 aliphatic heterocycles. The van der Waals surface area contributed by atoms with E-state index in [0.29, 0.717) is 33.3 Å². The highest BCUT2D eigenvalue weighted by atomic mass is 35.5. The molecule has 0 radical (unpaired) electrons. The van der Waals surface area contributed by atoms with Gasteiger partial charge in [0.2, 0.25) is 11.8 Å². The third kappa shape index (κ3) is 8.69. The van der Waals surface area contributed by atoms with Gasteiger partial charge < -0.3 is 10.2 Å². The number of anilines is 1. The average molecular weight is 681 g/mol. The molecule has 2 amide bonds. The van der Waals surface area contributed by atoms with Crippen molar-refractivity contribution < 1.29 is 18.0 Å². The van der Waals surface area contributed by atoms with Gasteiger partial charge in [-0.15, -0.1) is 0 Å². The fraction of sp³-hybridized carbons (Fsp3) is 0.278. The van der Waals surface area contributed by atoms with Gasteiger partial charge in [-0.1, -0.05) is 102 Å². The third-order valence-electron chi connectivity index (χ3n) is 7.86. The second-order valence-electron chi connectivity index (χ2n) is 11.4. The Morgan fingerprint density at radius 2 is 1.52 bits per heavy atom. The van der Waals surface area contributed by atoms with Gasteiger partial charge in [0.1, 0.15) is 12.6 Å². The zero-order valence-electron chi connectivity index (χ0n) is 26.4. The predicted octanol–water partition coefficient (Wildman–Crippen LogP) is 7.36. The molecule has 0 saturated carbocycles. The minimum absolute atomic E-state index is 0.0467. The first kappa shape index (κ1) is 35.0. The largest absolute Gasteiger partial charge is 0.352 e. The summed E-state index contributed by atoms with van der Waals surface area (Å²) in [7, 11) is -4.19. The molecule has 0 aromatic heterocycles. The number of hydrogen-bond acceptors (Lipinski definition) is 4. The number of halogens is 2. The van der Waals surface area contributed by atoms with Gasteiger partial charge in [-0.05, 0) is 74.2 Å². The molecule has 10 heteroatoms. The maximum atomic E-state index is 14.6. The lowest BCUT2D eigenvalue weighted by atomic mass is 10.0. The average Bonchev–Trinajstić information content (AvgIpc) is 3.03. The number of rotatable bonds is 13. The van der Waals surface area contributed by atoms with Crippen molar-refractivity contribution >= 4 is 50.7 Å². The van der Waals surface area contributed by atoms with Crippen LogP contribution in [-0.2, 0) is 32.6 Å². The summed E-state index contributed by atoms with van der Waals surface area (Å²) in [5, 5.41) is 3.79. The molecule has 4 rings (SSSR count). The molecule has 2 atom stereocenters. The van der Waals surface area contributed by atoms with E-state index in [1.165, 1.54) is 17.0 Å². The lowest BCUT2D eigenvalue weighted by molar-refractivity contribution is -0.140. The summed E-state index contributed by atoms with van der Waals surface area (Å²) >= 11 is 12.8. The monoisotopic (exact) mass is 679 g/mol. The van der Waals surface area contributed by atoms with E-state index >= 15 is 0 Å². The van der Waals surface area contributed by atoms with E-state index in [9.17, 15) is 18.0 Å². The summed E-state index contributed by atoms with van der Waals surface area (Å²) in [6.07, 6.45) is 0.894. The summed E-state index contributed by atoms with van der Waals surface area (Å²) in [5.41, 5.74) is 3.42. The number of nitrogens with one attached hydrogen (secondary N) is 1. The smallest absolute Gasteiger partial charge is 0.264 e. The number of nitrogens with zero attached hydrogens (tertiary/aromatic N) is 2. The fourth-order valence-electron chi connectivity index (χ4n) is 5.15. The molecule has 4 aromatic rings. The topological polar surface area (TPSA) is 86.8 Å². The molecule has 0 bridgehead atoms. The second-order valence-corrected chi connectivity index (χ2v) is 14.1. The summed E-state index contributed by atoms with van der Waals surface area (Å²) in [4.78, 5) is 30.1. The molecule has 0 unspecified atom stereocenters. The van der Waals surface area contributed by atoms with Crippen LogP contribution in [0.4, 0.5) is 5.69 Å². The number of sulfonamides is 1. The Hall–Kier alpha value is -3.85. The fourth-order valence-corrected chi connectivity index (χ4v) is 7.11. The normalized spacial score (nSPS) is 12.7. The maximum Gasteiger partial charge on any atom is 0.264 e. The Kier molecular flexibility index (Phi) is 11.9. The first-order chi connectivity index (χ1) is 21.9. The Morgan fingerprint density at radius 3 is 2.13 bits per heavy atom. The molecule has 46 heavy (non-hydrogen) atoms. The van der Waals surface area contributed by atoms with Gasteiger partial charge in [-0.2, -0.15) is 0 Å². The Morgan fingerprint density at radius 1 is 0.870 bits per heavy atom. The quantitative estimate of drug-likeness (QED) is 0.160. The number of aryl methyl sites for hydroxylation is 2. The molecule has 7 nitrogen and oxygen atoms in total. The minimum Gasteiger partial charge on any atom is -0.352 e. The van der Waals surface area contributed by atoms with Crippen molar-refractivity contribution in [3.05, 3.63) is 129 Å². The summed E-state index contributed by atoms with van der Waals surface area (Å²) in [5.74, 6) is -0.911. The van der Waals surface area contributed by atoms with E-state index in [2.05, 4.69) is 5.32 Å². The number of amides is 2. The van der Waals surface area contributed by atoms with Crippen LogP contribution >= 0.6 is 23.2 Å². The number of hydrogen-bond donors (Lipinski definition) is 1. The van der Waals surface area contributed by atoms with Crippen molar-refractivity contribution in [3.63, 3.8) is 0 Å². The molecule has 0 spiro atoms. The molecule has 0 saturated heterocycles. The first-order valence-corrected chi connectivity index (χ1v) is 17.3. The van der Waals surface area contributed by atoms with Crippen LogP contribution in [0.2, 0.25) is 10.0 Å². The zero-order chi connectivity index (χ0) is 33.4. The minimum atomic E-state index is -4.19. The van der Waals surface area contributed by atoms with Crippen molar-refractivity contribution in [1.82, 2.24) is 10.2 Å². The summed E-state index contributed by atoms with van der Waals surface area (Å²) < 4.78 is 29.5. The molecule has 0 heterocycles. The van der Waals surface area contributed by atoms with E-state index in [-0.39, 0.29) is 29.8 Å². The summed E-state index contributed by atoms with van der Waals surface area (Å²) in [6, 6.07) is 26.6. The van der Waals surface area contributed by atoms with E-state index < -0.39 is 28.5 Å². The van der Waals surface area contributed by atoms with Crippen LogP contribution in [0.25, 0.3) is 0 Å². The lowest BCUT2D eigenvalue weighted by Gasteiger charge is -2.35. The molecule has 4 aromatic carbocycles. The summed E-state index contributed by atoms with van der Waals surface area (Å²) in [6.45, 7) is 6.99. The molecule has 242 valence electrons. The highest BCUT2D eigenvalue weighted by Gasteiger charge is 2.35. The van der Waals surface area contributed by atoms with E-state index in [4.69, 9.17) is 23.2 Å². The number of carbonyl (C=O) groups excluding carboxylic acids is 2. The molecule has 0 fully saturated rings. The number of benzene rings is 4. The van der Waals surface area contributed by atoms with Crippen LogP contribution in [-0.4, -0.2) is 43.8 Å². The van der Waals surface area contributed by atoms with Gasteiger partial charge in [0.05, 0.1) is 10.6 Å². The van der Waals surface area contributed by atoms with Crippen LogP contribution in [0.15, 0.2) is 102 Å². The van der Waals surface area contributed by atoms with Crippen LogP contribution < -0.4 is 9.62 Å². The van der Waals surface area contributed by atoms with Crippen molar-refractivity contribution in [2.45, 2.75) is 64.1 Å². The molecule has 0 aliphatic rings. The first-order valence-electron chi connectivity index (χ1n) is 15.1. The van der Waals surface area contributed by atoms with Crippen molar-refractivity contribution in [2.75, 3.05) is 10.8 Å². The van der Waals surface area contributed by atoms with Gasteiger partial charge in [0.25, 0.3) is 10.0 Å². The van der Waals surface area contributed by atoms with E-state index in [0.717, 1.165) is 15.4 Å². The molecule has 1 N–H and O–H groups in total. The highest BCUT2D eigenvalue weighted by molar-refractivity contribution is 7.92. The SMILES string of the molecule is CC[C@@H](C)NC(=O)[C@H](Cc1ccccc1)N(Cc1ccc(Cl)cc1Cl)C(=O)CN(c1ccc(C)cc1C)S(=O)(=O)c1ccccc1. The Labute approximate surface area is 282 Å². The van der Waals surface area contributed by atoms with Crippen LogP contribution in [0, 0.1) is 13.8 Å². The third-order valence-corrected chi connectivity index (χ3v) is 10.2. The van der Waals surface area contributed by atoms with Crippen LogP contribution in [0.3, 0.4) is 0 Å². The Balaban J connectivity index is 1.85. The van der Waals surface area contributed by atoms with Gasteiger partial charge in [-0.3, -0.25) is 13.9 Å².